The molecule has 1 unspecified atom stereocenters. The fourth-order valence-corrected chi connectivity index (χ4v) is 5.87. The second kappa shape index (κ2) is 8.49. The van der Waals surface area contributed by atoms with Gasteiger partial charge in [0.1, 0.15) is 5.82 Å². The number of hydrogen-bond acceptors (Lipinski definition) is 4. The molecule has 5 rings (SSSR count). The summed E-state index contributed by atoms with van der Waals surface area (Å²) in [5.74, 6) is 2.40. The minimum atomic E-state index is -0.211. The quantitative estimate of drug-likeness (QED) is 0.571. The van der Waals surface area contributed by atoms with Gasteiger partial charge in [-0.15, -0.1) is 0 Å². The summed E-state index contributed by atoms with van der Waals surface area (Å²) in [6, 6.07) is 10.5. The normalized spacial score (nSPS) is 25.5. The Bertz CT molecular complexity index is 1120. The average Bonchev–Trinajstić information content (AvgIpc) is 3.38. The minimum Gasteiger partial charge on any atom is -0.481 e. The fraction of sp³-hybridized carbons (Fsp3) is 0.423. The Balaban J connectivity index is 1.23. The Hall–Kier alpha value is -3.02. The highest BCUT2D eigenvalue weighted by molar-refractivity contribution is 5.92. The summed E-state index contributed by atoms with van der Waals surface area (Å²) < 4.78 is 18.9. The molecule has 5 atom stereocenters. The van der Waals surface area contributed by atoms with Gasteiger partial charge in [0.15, 0.2) is 0 Å². The van der Waals surface area contributed by atoms with E-state index < -0.39 is 0 Å². The molecule has 0 aliphatic heterocycles. The summed E-state index contributed by atoms with van der Waals surface area (Å²) >= 11 is 0. The van der Waals surface area contributed by atoms with Gasteiger partial charge in [-0.05, 0) is 85.3 Å². The Kier molecular flexibility index (Phi) is 5.53. The second-order valence-electron chi connectivity index (χ2n) is 9.35. The van der Waals surface area contributed by atoms with Crippen LogP contribution < -0.4 is 10.1 Å². The lowest BCUT2D eigenvalue weighted by molar-refractivity contribution is -0.120. The molecule has 1 aromatic carbocycles. The molecule has 0 spiro atoms. The summed E-state index contributed by atoms with van der Waals surface area (Å²) in [4.78, 5) is 21.4. The number of nitrogens with zero attached hydrogens (tertiary/aromatic N) is 2. The van der Waals surface area contributed by atoms with E-state index in [-0.39, 0.29) is 17.6 Å². The number of amides is 1. The van der Waals surface area contributed by atoms with Gasteiger partial charge in [-0.25, -0.2) is 9.37 Å². The van der Waals surface area contributed by atoms with Crippen LogP contribution in [0.3, 0.4) is 0 Å². The standard InChI is InChI=1S/C26H28FN3O2/c1-15(26(31)30-21-4-6-25(32-2)29-14-21)16-9-17-11-19(12-18(17)10-16)22-7-8-28-24-5-3-20(27)13-23(22)24/h3-8,13-19H,9-12H2,1-2H3,(H,30,31)/t15?,16-,17-,18+,19+. The van der Waals surface area contributed by atoms with Crippen molar-refractivity contribution in [2.24, 2.45) is 23.7 Å². The average molecular weight is 434 g/mol. The molecule has 2 heterocycles. The molecule has 5 nitrogen and oxygen atoms in total. The van der Waals surface area contributed by atoms with Gasteiger partial charge in [-0.1, -0.05) is 6.92 Å². The van der Waals surface area contributed by atoms with Gasteiger partial charge in [0.05, 0.1) is 24.5 Å². The van der Waals surface area contributed by atoms with E-state index in [1.165, 1.54) is 11.6 Å². The molecule has 2 saturated carbocycles. The van der Waals surface area contributed by atoms with E-state index in [4.69, 9.17) is 4.74 Å². The molecule has 6 heteroatoms. The first kappa shape index (κ1) is 20.9. The van der Waals surface area contributed by atoms with E-state index in [0.717, 1.165) is 36.6 Å². The first-order valence-electron chi connectivity index (χ1n) is 11.4. The Morgan fingerprint density at radius 1 is 1.09 bits per heavy atom. The lowest BCUT2D eigenvalue weighted by atomic mass is 9.86. The first-order valence-corrected chi connectivity index (χ1v) is 11.4. The molecular weight excluding hydrogens is 405 g/mol. The first-order chi connectivity index (χ1) is 15.5. The monoisotopic (exact) mass is 433 g/mol. The van der Waals surface area contributed by atoms with E-state index in [2.05, 4.69) is 21.4 Å². The van der Waals surface area contributed by atoms with Crippen LogP contribution in [0.15, 0.2) is 48.8 Å². The number of pyridine rings is 2. The molecule has 3 aromatic rings. The molecule has 166 valence electrons. The van der Waals surface area contributed by atoms with E-state index in [9.17, 15) is 9.18 Å². The van der Waals surface area contributed by atoms with Gasteiger partial charge in [0.25, 0.3) is 0 Å². The highest BCUT2D eigenvalue weighted by atomic mass is 19.1. The van der Waals surface area contributed by atoms with Gasteiger partial charge in [-0.3, -0.25) is 9.78 Å². The molecule has 2 fully saturated rings. The van der Waals surface area contributed by atoms with E-state index in [0.29, 0.717) is 35.2 Å². The molecule has 2 aromatic heterocycles. The number of aromatic nitrogens is 2. The highest BCUT2D eigenvalue weighted by Crippen LogP contribution is 2.54. The molecule has 0 saturated heterocycles. The third-order valence-corrected chi connectivity index (χ3v) is 7.56. The van der Waals surface area contributed by atoms with Crippen LogP contribution >= 0.6 is 0 Å². The number of nitrogens with one attached hydrogen (secondary N) is 1. The molecule has 1 N–H and O–H groups in total. The number of halogens is 1. The number of rotatable bonds is 5. The molecule has 2 aliphatic carbocycles. The number of hydrogen-bond donors (Lipinski definition) is 1. The molecular formula is C26H28FN3O2. The summed E-state index contributed by atoms with van der Waals surface area (Å²) in [6.45, 7) is 2.04. The molecule has 0 radical (unpaired) electrons. The smallest absolute Gasteiger partial charge is 0.227 e. The minimum absolute atomic E-state index is 0.0444. The van der Waals surface area contributed by atoms with Crippen molar-refractivity contribution in [3.8, 4) is 5.88 Å². The maximum atomic E-state index is 13.9. The summed E-state index contributed by atoms with van der Waals surface area (Å²) in [6.07, 6.45) is 7.83. The van der Waals surface area contributed by atoms with Crippen LogP contribution in [0, 0.1) is 29.5 Å². The summed E-state index contributed by atoms with van der Waals surface area (Å²) in [7, 11) is 1.57. The van der Waals surface area contributed by atoms with Crippen LogP contribution in [0.25, 0.3) is 10.9 Å². The lowest BCUT2D eigenvalue weighted by Gasteiger charge is -2.21. The maximum absolute atomic E-state index is 13.9. The van der Waals surface area contributed by atoms with Gasteiger partial charge >= 0.3 is 0 Å². The highest BCUT2D eigenvalue weighted by Gasteiger charge is 2.44. The fourth-order valence-electron chi connectivity index (χ4n) is 5.87. The van der Waals surface area contributed by atoms with Gasteiger partial charge in [0.2, 0.25) is 11.8 Å². The third-order valence-electron chi connectivity index (χ3n) is 7.56. The van der Waals surface area contributed by atoms with E-state index >= 15 is 0 Å². The molecule has 1 amide bonds. The van der Waals surface area contributed by atoms with Crippen molar-refractivity contribution >= 4 is 22.5 Å². The second-order valence-corrected chi connectivity index (χ2v) is 9.35. The largest absolute Gasteiger partial charge is 0.481 e. The van der Waals surface area contributed by atoms with E-state index in [1.54, 1.807) is 31.5 Å². The van der Waals surface area contributed by atoms with Crippen LogP contribution in [0.4, 0.5) is 10.1 Å². The van der Waals surface area contributed by atoms with Crippen molar-refractivity contribution in [2.45, 2.75) is 38.5 Å². The zero-order valence-corrected chi connectivity index (χ0v) is 18.4. The van der Waals surface area contributed by atoms with Gasteiger partial charge in [-0.2, -0.15) is 0 Å². The lowest BCUT2D eigenvalue weighted by Crippen LogP contribution is -2.26. The molecule has 32 heavy (non-hydrogen) atoms. The third kappa shape index (κ3) is 3.94. The number of fused-ring (bicyclic) bond motifs is 2. The Morgan fingerprint density at radius 3 is 2.56 bits per heavy atom. The number of anilines is 1. The SMILES string of the molecule is COc1ccc(NC(=O)C(C)[C@H]2C[C@H]3C[C@@H](c4ccnc5ccc(F)cc45)C[C@H]3C2)cn1. The van der Waals surface area contributed by atoms with Crippen LogP contribution in [-0.2, 0) is 4.79 Å². The Labute approximate surface area is 187 Å². The number of carbonyl (C=O) groups excluding carboxylic acids is 1. The van der Waals surface area contributed by atoms with Crippen molar-refractivity contribution in [1.29, 1.82) is 0 Å². The Morgan fingerprint density at radius 2 is 1.88 bits per heavy atom. The van der Waals surface area contributed by atoms with Crippen LogP contribution in [0.1, 0.15) is 44.1 Å². The number of carbonyl (C=O) groups is 1. The number of benzene rings is 1. The molecule has 0 bridgehead atoms. The molecule has 2 aliphatic rings. The van der Waals surface area contributed by atoms with Gasteiger partial charge in [0, 0.05) is 23.6 Å². The van der Waals surface area contributed by atoms with Crippen LogP contribution in [-0.4, -0.2) is 23.0 Å². The van der Waals surface area contributed by atoms with Gasteiger partial charge < -0.3 is 10.1 Å². The zero-order chi connectivity index (χ0) is 22.2. The summed E-state index contributed by atoms with van der Waals surface area (Å²) in [5.41, 5.74) is 2.77. The van der Waals surface area contributed by atoms with Crippen molar-refractivity contribution in [3.05, 3.63) is 60.2 Å². The van der Waals surface area contributed by atoms with Crippen molar-refractivity contribution in [1.82, 2.24) is 9.97 Å². The number of methoxy groups -OCH3 is 1. The van der Waals surface area contributed by atoms with Crippen LogP contribution in [0.2, 0.25) is 0 Å². The van der Waals surface area contributed by atoms with Crippen molar-refractivity contribution < 1.29 is 13.9 Å². The predicted molar refractivity (Wildman–Crippen MR) is 122 cm³/mol. The van der Waals surface area contributed by atoms with Crippen molar-refractivity contribution in [2.75, 3.05) is 12.4 Å². The maximum Gasteiger partial charge on any atom is 0.227 e. The topological polar surface area (TPSA) is 64.1 Å². The predicted octanol–water partition coefficient (Wildman–Crippen LogP) is 5.57. The summed E-state index contributed by atoms with van der Waals surface area (Å²) in [5, 5.41) is 3.94. The number of ether oxygens (including phenoxy) is 1. The van der Waals surface area contributed by atoms with Crippen LogP contribution in [0.5, 0.6) is 5.88 Å². The van der Waals surface area contributed by atoms with E-state index in [1.807, 2.05) is 19.2 Å². The van der Waals surface area contributed by atoms with Crippen molar-refractivity contribution in [3.63, 3.8) is 0 Å². The zero-order valence-electron chi connectivity index (χ0n) is 18.4.